The zero-order chi connectivity index (χ0) is 21.6. The Morgan fingerprint density at radius 3 is 2.34 bits per heavy atom. The number of hydrogen-bond donors (Lipinski definition) is 0. The number of carbonyl (C=O) groups excluding carboxylic acids is 1. The summed E-state index contributed by atoms with van der Waals surface area (Å²) in [6, 6.07) is 11.4. The van der Waals surface area contributed by atoms with Gasteiger partial charge in [-0.25, -0.2) is 0 Å². The van der Waals surface area contributed by atoms with Crippen LogP contribution < -0.4 is 4.18 Å². The standard InChI is InChI=1S/C21H26ClNO5S/c1-15(2)12-23(20(24)14-27-4)13-17-8-10-18(11-9-17)28-29(25,26)21-16(3)6-5-7-19(21)22/h5-11,15H,12-14H2,1-4H3. The zero-order valence-electron chi connectivity index (χ0n) is 17.0. The van der Waals surface area contributed by atoms with E-state index in [1.165, 1.54) is 13.2 Å². The molecule has 0 N–H and O–H groups in total. The Balaban J connectivity index is 2.16. The van der Waals surface area contributed by atoms with Gasteiger partial charge in [0.25, 0.3) is 0 Å². The van der Waals surface area contributed by atoms with Crippen LogP contribution in [0.2, 0.25) is 5.02 Å². The molecule has 0 heterocycles. The average Bonchev–Trinajstić information content (AvgIpc) is 2.62. The molecule has 0 bridgehead atoms. The summed E-state index contributed by atoms with van der Waals surface area (Å²) < 4.78 is 35.4. The van der Waals surface area contributed by atoms with Gasteiger partial charge in [0.1, 0.15) is 17.3 Å². The minimum absolute atomic E-state index is 0.0172. The molecule has 0 aliphatic heterocycles. The molecule has 0 radical (unpaired) electrons. The predicted octanol–water partition coefficient (Wildman–Crippen LogP) is 4.05. The van der Waals surface area contributed by atoms with Crippen molar-refractivity contribution in [1.82, 2.24) is 4.90 Å². The van der Waals surface area contributed by atoms with E-state index in [1.54, 1.807) is 48.2 Å². The van der Waals surface area contributed by atoms with Gasteiger partial charge in [-0.05, 0) is 42.2 Å². The number of ether oxygens (including phenoxy) is 1. The summed E-state index contributed by atoms with van der Waals surface area (Å²) in [7, 11) is -2.58. The van der Waals surface area contributed by atoms with E-state index in [1.807, 2.05) is 13.8 Å². The normalized spacial score (nSPS) is 11.5. The van der Waals surface area contributed by atoms with Crippen LogP contribution in [-0.4, -0.2) is 39.5 Å². The fourth-order valence-corrected chi connectivity index (χ4v) is 4.60. The lowest BCUT2D eigenvalue weighted by atomic mass is 10.1. The number of methoxy groups -OCH3 is 1. The lowest BCUT2D eigenvalue weighted by Crippen LogP contribution is -2.36. The zero-order valence-corrected chi connectivity index (χ0v) is 18.6. The summed E-state index contributed by atoms with van der Waals surface area (Å²) in [4.78, 5) is 13.9. The van der Waals surface area contributed by atoms with Crippen molar-refractivity contribution in [2.45, 2.75) is 32.2 Å². The molecule has 0 saturated heterocycles. The fraction of sp³-hybridized carbons (Fsp3) is 0.381. The summed E-state index contributed by atoms with van der Waals surface area (Å²) in [6.45, 7) is 6.74. The molecule has 0 saturated carbocycles. The van der Waals surface area contributed by atoms with Crippen LogP contribution in [0.15, 0.2) is 47.4 Å². The van der Waals surface area contributed by atoms with Gasteiger partial charge in [-0.1, -0.05) is 49.7 Å². The van der Waals surface area contributed by atoms with Gasteiger partial charge in [0.15, 0.2) is 0 Å². The van der Waals surface area contributed by atoms with E-state index in [-0.39, 0.29) is 28.2 Å². The number of nitrogens with zero attached hydrogens (tertiary/aromatic N) is 1. The number of aryl methyl sites for hydroxylation is 1. The van der Waals surface area contributed by atoms with Crippen molar-refractivity contribution >= 4 is 27.6 Å². The van der Waals surface area contributed by atoms with Gasteiger partial charge in [0.2, 0.25) is 5.91 Å². The van der Waals surface area contributed by atoms with Gasteiger partial charge in [-0.2, -0.15) is 8.42 Å². The van der Waals surface area contributed by atoms with E-state index in [0.717, 1.165) is 5.56 Å². The molecule has 8 heteroatoms. The number of benzene rings is 2. The number of halogens is 1. The highest BCUT2D eigenvalue weighted by atomic mass is 35.5. The first-order chi connectivity index (χ1) is 13.6. The van der Waals surface area contributed by atoms with E-state index in [9.17, 15) is 13.2 Å². The second-order valence-corrected chi connectivity index (χ2v) is 9.06. The minimum Gasteiger partial charge on any atom is -0.379 e. The van der Waals surface area contributed by atoms with E-state index >= 15 is 0 Å². The first kappa shape index (κ1) is 23.2. The van der Waals surface area contributed by atoms with Crippen molar-refractivity contribution in [2.24, 2.45) is 5.92 Å². The lowest BCUT2D eigenvalue weighted by molar-refractivity contribution is -0.136. The molecule has 29 heavy (non-hydrogen) atoms. The van der Waals surface area contributed by atoms with E-state index < -0.39 is 10.1 Å². The van der Waals surface area contributed by atoms with Crippen molar-refractivity contribution in [3.05, 3.63) is 58.6 Å². The monoisotopic (exact) mass is 439 g/mol. The van der Waals surface area contributed by atoms with Gasteiger partial charge < -0.3 is 13.8 Å². The van der Waals surface area contributed by atoms with Crippen LogP contribution in [0.25, 0.3) is 0 Å². The first-order valence-corrected chi connectivity index (χ1v) is 11.0. The molecule has 0 fully saturated rings. The summed E-state index contributed by atoms with van der Waals surface area (Å²) in [6.07, 6.45) is 0. The Morgan fingerprint density at radius 1 is 1.14 bits per heavy atom. The van der Waals surface area contributed by atoms with E-state index in [4.69, 9.17) is 20.5 Å². The summed E-state index contributed by atoms with van der Waals surface area (Å²) in [5.74, 6) is 0.382. The van der Waals surface area contributed by atoms with Crippen molar-refractivity contribution in [3.63, 3.8) is 0 Å². The van der Waals surface area contributed by atoms with E-state index in [0.29, 0.717) is 24.6 Å². The SMILES string of the molecule is COCC(=O)N(Cc1ccc(OS(=O)(=O)c2c(C)cccc2Cl)cc1)CC(C)C. The Bertz CT molecular complexity index is 922. The third kappa shape index (κ3) is 6.45. The maximum Gasteiger partial charge on any atom is 0.340 e. The van der Waals surface area contributed by atoms with Crippen LogP contribution in [0, 0.1) is 12.8 Å². The fourth-order valence-electron chi connectivity index (χ4n) is 2.88. The third-order valence-electron chi connectivity index (χ3n) is 4.12. The quantitative estimate of drug-likeness (QED) is 0.551. The number of rotatable bonds is 9. The van der Waals surface area contributed by atoms with Crippen molar-refractivity contribution in [3.8, 4) is 5.75 Å². The van der Waals surface area contributed by atoms with Gasteiger partial charge in [0.05, 0.1) is 5.02 Å². The number of amides is 1. The van der Waals surface area contributed by atoms with Gasteiger partial charge >= 0.3 is 10.1 Å². The average molecular weight is 440 g/mol. The van der Waals surface area contributed by atoms with Crippen LogP contribution >= 0.6 is 11.6 Å². The van der Waals surface area contributed by atoms with E-state index in [2.05, 4.69) is 0 Å². The predicted molar refractivity (Wildman–Crippen MR) is 113 cm³/mol. The first-order valence-electron chi connectivity index (χ1n) is 9.19. The van der Waals surface area contributed by atoms with Crippen molar-refractivity contribution in [1.29, 1.82) is 0 Å². The molecule has 2 rings (SSSR count). The van der Waals surface area contributed by atoms with Crippen molar-refractivity contribution < 1.29 is 22.1 Å². The van der Waals surface area contributed by atoms with Gasteiger partial charge in [-0.3, -0.25) is 4.79 Å². The van der Waals surface area contributed by atoms with Gasteiger partial charge in [0, 0.05) is 20.2 Å². The maximum atomic E-state index is 12.6. The smallest absolute Gasteiger partial charge is 0.340 e. The highest BCUT2D eigenvalue weighted by molar-refractivity contribution is 7.87. The molecular formula is C21H26ClNO5S. The molecule has 1 amide bonds. The second-order valence-electron chi connectivity index (χ2n) is 7.17. The van der Waals surface area contributed by atoms with Crippen LogP contribution in [0.4, 0.5) is 0 Å². The van der Waals surface area contributed by atoms with Crippen LogP contribution in [0.1, 0.15) is 25.0 Å². The Morgan fingerprint density at radius 2 is 1.79 bits per heavy atom. The van der Waals surface area contributed by atoms with Crippen molar-refractivity contribution in [2.75, 3.05) is 20.3 Å². The maximum absolute atomic E-state index is 12.6. The molecule has 0 aliphatic rings. The summed E-state index contributed by atoms with van der Waals surface area (Å²) in [5, 5.41) is 0.114. The van der Waals surface area contributed by atoms with Crippen LogP contribution in [0.3, 0.4) is 0 Å². The lowest BCUT2D eigenvalue weighted by Gasteiger charge is -2.24. The number of hydrogen-bond acceptors (Lipinski definition) is 5. The summed E-state index contributed by atoms with van der Waals surface area (Å²) >= 11 is 6.05. The highest BCUT2D eigenvalue weighted by Crippen LogP contribution is 2.28. The highest BCUT2D eigenvalue weighted by Gasteiger charge is 2.23. The molecule has 2 aromatic rings. The second kappa shape index (κ2) is 10.1. The molecule has 0 unspecified atom stereocenters. The Labute approximate surface area is 177 Å². The Hall–Kier alpha value is -2.09. The molecule has 6 nitrogen and oxygen atoms in total. The number of carbonyl (C=O) groups is 1. The molecule has 0 atom stereocenters. The molecule has 0 aromatic heterocycles. The molecule has 0 aliphatic carbocycles. The molecule has 158 valence electrons. The van der Waals surface area contributed by atoms with Crippen LogP contribution in [-0.2, 0) is 26.2 Å². The van der Waals surface area contributed by atoms with Crippen LogP contribution in [0.5, 0.6) is 5.75 Å². The third-order valence-corrected chi connectivity index (χ3v) is 6.00. The molecule has 2 aromatic carbocycles. The topological polar surface area (TPSA) is 72.9 Å². The molecular weight excluding hydrogens is 414 g/mol. The van der Waals surface area contributed by atoms with Gasteiger partial charge in [-0.15, -0.1) is 0 Å². The molecule has 0 spiro atoms. The Kier molecular flexibility index (Phi) is 8.07. The minimum atomic E-state index is -4.06. The summed E-state index contributed by atoms with van der Waals surface area (Å²) in [5.41, 5.74) is 1.36. The largest absolute Gasteiger partial charge is 0.379 e.